The normalized spacial score (nSPS) is 12.8. The molecular weight excluding hydrogens is 218 g/mol. The van der Waals surface area contributed by atoms with Gasteiger partial charge >= 0.3 is 0 Å². The molecule has 0 saturated heterocycles. The molecule has 1 rings (SSSR count). The summed E-state index contributed by atoms with van der Waals surface area (Å²) in [7, 11) is 0. The van der Waals surface area contributed by atoms with Gasteiger partial charge in [0.05, 0.1) is 6.61 Å². The molecular formula is C11H14F2O3. The maximum Gasteiger partial charge on any atom is 0.261 e. The molecule has 0 aliphatic rings. The van der Waals surface area contributed by atoms with Crippen LogP contribution in [0.25, 0.3) is 0 Å². The van der Waals surface area contributed by atoms with Gasteiger partial charge in [0.25, 0.3) is 6.43 Å². The van der Waals surface area contributed by atoms with E-state index in [0.29, 0.717) is 5.75 Å². The summed E-state index contributed by atoms with van der Waals surface area (Å²) in [5.74, 6) is 0.621. The smallest absolute Gasteiger partial charge is 0.261 e. The van der Waals surface area contributed by atoms with Gasteiger partial charge in [0, 0.05) is 0 Å². The van der Waals surface area contributed by atoms with Crippen LogP contribution in [0.5, 0.6) is 5.75 Å². The summed E-state index contributed by atoms with van der Waals surface area (Å²) >= 11 is 0. The van der Waals surface area contributed by atoms with E-state index in [0.717, 1.165) is 0 Å². The molecule has 16 heavy (non-hydrogen) atoms. The zero-order valence-corrected chi connectivity index (χ0v) is 8.68. The number of rotatable bonds is 7. The fraction of sp³-hybridized carbons (Fsp3) is 0.455. The van der Waals surface area contributed by atoms with E-state index in [1.807, 2.05) is 6.07 Å². The second-order valence-corrected chi connectivity index (χ2v) is 3.21. The number of aliphatic hydroxyl groups excluding tert-OH is 1. The van der Waals surface area contributed by atoms with Crippen molar-refractivity contribution in [3.8, 4) is 5.75 Å². The summed E-state index contributed by atoms with van der Waals surface area (Å²) in [4.78, 5) is 0. The Balaban J connectivity index is 2.13. The fourth-order valence-electron chi connectivity index (χ4n) is 1.05. The lowest BCUT2D eigenvalue weighted by molar-refractivity contribution is -0.0306. The van der Waals surface area contributed by atoms with E-state index < -0.39 is 19.1 Å². The van der Waals surface area contributed by atoms with Crippen LogP contribution in [0.2, 0.25) is 0 Å². The average Bonchev–Trinajstić information content (AvgIpc) is 2.27. The first-order chi connectivity index (χ1) is 7.68. The molecule has 0 aliphatic heterocycles. The maximum atomic E-state index is 11.7. The molecule has 3 nitrogen and oxygen atoms in total. The number of hydrogen-bond donors (Lipinski definition) is 1. The highest BCUT2D eigenvalue weighted by Gasteiger charge is 2.08. The molecule has 1 aromatic rings. The summed E-state index contributed by atoms with van der Waals surface area (Å²) in [6.07, 6.45) is -3.42. The molecule has 0 amide bonds. The predicted molar refractivity (Wildman–Crippen MR) is 54.8 cm³/mol. The van der Waals surface area contributed by atoms with Crippen molar-refractivity contribution in [2.75, 3.05) is 19.8 Å². The minimum absolute atomic E-state index is 0.0211. The third kappa shape index (κ3) is 5.63. The van der Waals surface area contributed by atoms with E-state index in [9.17, 15) is 13.9 Å². The van der Waals surface area contributed by atoms with E-state index in [1.165, 1.54) is 0 Å². The van der Waals surface area contributed by atoms with Crippen LogP contribution in [0.4, 0.5) is 8.78 Å². The SMILES string of the molecule is OC(COCC(F)F)COc1ccccc1. The largest absolute Gasteiger partial charge is 0.491 e. The predicted octanol–water partition coefficient (Wildman–Crippen LogP) is 1.71. The van der Waals surface area contributed by atoms with Crippen LogP contribution in [0, 0.1) is 0 Å². The van der Waals surface area contributed by atoms with Crippen LogP contribution in [-0.2, 0) is 4.74 Å². The van der Waals surface area contributed by atoms with Gasteiger partial charge in [-0.2, -0.15) is 0 Å². The van der Waals surface area contributed by atoms with Crippen molar-refractivity contribution in [3.05, 3.63) is 30.3 Å². The second kappa shape index (κ2) is 7.14. The van der Waals surface area contributed by atoms with Crippen molar-refractivity contribution in [1.82, 2.24) is 0 Å². The van der Waals surface area contributed by atoms with Gasteiger partial charge in [-0.1, -0.05) is 18.2 Å². The van der Waals surface area contributed by atoms with Crippen LogP contribution in [0.1, 0.15) is 0 Å². The van der Waals surface area contributed by atoms with E-state index >= 15 is 0 Å². The summed E-state index contributed by atoms with van der Waals surface area (Å²) in [6, 6.07) is 8.93. The van der Waals surface area contributed by atoms with Gasteiger partial charge < -0.3 is 14.6 Å². The van der Waals surface area contributed by atoms with Crippen LogP contribution < -0.4 is 4.74 Å². The Morgan fingerprint density at radius 3 is 2.38 bits per heavy atom. The standard InChI is InChI=1S/C11H14F2O3/c12-11(13)8-15-6-9(14)7-16-10-4-2-1-3-5-10/h1-5,9,11,14H,6-8H2. The number of benzene rings is 1. The number of aliphatic hydroxyl groups is 1. The van der Waals surface area contributed by atoms with Gasteiger partial charge in [-0.25, -0.2) is 8.78 Å². The lowest BCUT2D eigenvalue weighted by Crippen LogP contribution is -2.24. The number of alkyl halides is 2. The first-order valence-corrected chi connectivity index (χ1v) is 4.90. The molecule has 0 radical (unpaired) electrons. The number of para-hydroxylation sites is 1. The Morgan fingerprint density at radius 1 is 1.06 bits per heavy atom. The van der Waals surface area contributed by atoms with Gasteiger partial charge in [0.15, 0.2) is 0 Å². The van der Waals surface area contributed by atoms with E-state index in [1.54, 1.807) is 24.3 Å². The van der Waals surface area contributed by atoms with Crippen molar-refractivity contribution in [3.63, 3.8) is 0 Å². The Kier molecular flexibility index (Phi) is 5.74. The molecule has 1 atom stereocenters. The van der Waals surface area contributed by atoms with Crippen molar-refractivity contribution in [1.29, 1.82) is 0 Å². The molecule has 0 aliphatic carbocycles. The minimum atomic E-state index is -2.51. The van der Waals surface area contributed by atoms with Crippen LogP contribution >= 0.6 is 0 Å². The van der Waals surface area contributed by atoms with Crippen molar-refractivity contribution in [2.24, 2.45) is 0 Å². The maximum absolute atomic E-state index is 11.7. The highest BCUT2D eigenvalue weighted by molar-refractivity contribution is 5.20. The number of ether oxygens (including phenoxy) is 2. The zero-order chi connectivity index (χ0) is 11.8. The van der Waals surface area contributed by atoms with Gasteiger partial charge in [0.1, 0.15) is 25.1 Å². The molecule has 5 heteroatoms. The van der Waals surface area contributed by atoms with E-state index in [4.69, 9.17) is 4.74 Å². The molecule has 1 N–H and O–H groups in total. The number of halogens is 2. The van der Waals surface area contributed by atoms with Crippen molar-refractivity contribution >= 4 is 0 Å². The Bertz CT molecular complexity index is 280. The molecule has 0 aromatic heterocycles. The minimum Gasteiger partial charge on any atom is -0.491 e. The lowest BCUT2D eigenvalue weighted by Gasteiger charge is -2.12. The summed E-state index contributed by atoms with van der Waals surface area (Å²) in [5.41, 5.74) is 0. The summed E-state index contributed by atoms with van der Waals surface area (Å²) in [5, 5.41) is 9.33. The lowest BCUT2D eigenvalue weighted by atomic mass is 10.3. The summed E-state index contributed by atoms with van der Waals surface area (Å²) < 4.78 is 33.2. The first-order valence-electron chi connectivity index (χ1n) is 4.90. The molecule has 1 unspecified atom stereocenters. The first kappa shape index (κ1) is 12.9. The second-order valence-electron chi connectivity index (χ2n) is 3.21. The monoisotopic (exact) mass is 232 g/mol. The van der Waals surface area contributed by atoms with Gasteiger partial charge in [0.2, 0.25) is 0 Å². The summed E-state index contributed by atoms with van der Waals surface area (Å²) in [6.45, 7) is -0.799. The van der Waals surface area contributed by atoms with Crippen LogP contribution in [-0.4, -0.2) is 37.5 Å². The molecule has 0 saturated carbocycles. The Morgan fingerprint density at radius 2 is 1.75 bits per heavy atom. The Hall–Kier alpha value is -1.20. The molecule has 0 heterocycles. The zero-order valence-electron chi connectivity index (χ0n) is 8.68. The topological polar surface area (TPSA) is 38.7 Å². The average molecular weight is 232 g/mol. The Labute approximate surface area is 92.6 Å². The quantitative estimate of drug-likeness (QED) is 0.777. The third-order valence-electron chi connectivity index (χ3n) is 1.74. The third-order valence-corrected chi connectivity index (χ3v) is 1.74. The van der Waals surface area contributed by atoms with E-state index in [-0.39, 0.29) is 13.2 Å². The molecule has 90 valence electrons. The van der Waals surface area contributed by atoms with Crippen LogP contribution in [0.3, 0.4) is 0 Å². The highest BCUT2D eigenvalue weighted by Crippen LogP contribution is 2.08. The van der Waals surface area contributed by atoms with Crippen molar-refractivity contribution < 1.29 is 23.4 Å². The fourth-order valence-corrected chi connectivity index (χ4v) is 1.05. The van der Waals surface area contributed by atoms with Crippen molar-refractivity contribution in [2.45, 2.75) is 12.5 Å². The molecule has 0 fully saturated rings. The van der Waals surface area contributed by atoms with Gasteiger partial charge in [-0.15, -0.1) is 0 Å². The van der Waals surface area contributed by atoms with E-state index in [2.05, 4.69) is 4.74 Å². The molecule has 1 aromatic carbocycles. The molecule has 0 bridgehead atoms. The molecule has 0 spiro atoms. The van der Waals surface area contributed by atoms with Gasteiger partial charge in [-0.3, -0.25) is 0 Å². The number of hydrogen-bond acceptors (Lipinski definition) is 3. The van der Waals surface area contributed by atoms with Gasteiger partial charge in [-0.05, 0) is 12.1 Å². The highest BCUT2D eigenvalue weighted by atomic mass is 19.3. The van der Waals surface area contributed by atoms with Crippen LogP contribution in [0.15, 0.2) is 30.3 Å².